The Morgan fingerprint density at radius 3 is 2.50 bits per heavy atom. The van der Waals surface area contributed by atoms with E-state index >= 15 is 0 Å². The molecule has 2 N–H and O–H groups in total. The molecule has 88 valence electrons. The molecule has 0 aromatic heterocycles. The summed E-state index contributed by atoms with van der Waals surface area (Å²) >= 11 is 0. The van der Waals surface area contributed by atoms with Crippen LogP contribution in [0.3, 0.4) is 0 Å². The van der Waals surface area contributed by atoms with Crippen LogP contribution in [0, 0.1) is 5.21 Å². The van der Waals surface area contributed by atoms with Gasteiger partial charge in [-0.2, -0.15) is 0 Å². The van der Waals surface area contributed by atoms with Crippen molar-refractivity contribution in [3.8, 4) is 0 Å². The Balaban J connectivity index is 4.12. The lowest BCUT2D eigenvalue weighted by Crippen LogP contribution is -2.44. The number of hydrogen-bond donors (Lipinski definition) is 1. The fourth-order valence-electron chi connectivity index (χ4n) is 0.965. The Bertz CT molecular complexity index is 778. The largest absolute Gasteiger partial charge is 0.784 e. The molecule has 1 aromatic rings. The molecule has 0 spiro atoms. The Kier molecular flexibility index (Phi) is 0.958. The monoisotopic (exact) mass is 236 g/mol. The molecule has 1 rings (SSSR count). The lowest BCUT2D eigenvalue weighted by Gasteiger charge is -2.46. The summed E-state index contributed by atoms with van der Waals surface area (Å²) in [5.41, 5.74) is -0.256. The van der Waals surface area contributed by atoms with Crippen molar-refractivity contribution in [2.45, 2.75) is 32.1 Å². The number of carbonyl (C=O) groups excluding carboxylic acids is 1. The number of nitrogens with two attached hydrogens (primary N) is 1. The van der Waals surface area contributed by atoms with Crippen molar-refractivity contribution in [1.29, 1.82) is 0 Å². The highest BCUT2D eigenvalue weighted by Gasteiger charge is 2.26. The number of carbonyl (C=O) groups is 1. The SMILES string of the molecule is [2H]c1c([2H])c([2H])c(C([13C](N)=O)N([O-])C(C([2H])([2H])[2H])(C([2H])([2H])[2H])C([2H])([2H])[2H])c([2H])c1[2H]. The smallest absolute Gasteiger partial charge is 0.238 e. The molecule has 1 atom stereocenters. The minimum Gasteiger partial charge on any atom is -0.784 e. The van der Waals surface area contributed by atoms with E-state index in [-0.39, 0.29) is 0 Å². The van der Waals surface area contributed by atoms with Crippen molar-refractivity contribution in [2.24, 2.45) is 5.73 Å². The molecule has 0 fully saturated rings. The molecule has 0 aliphatic carbocycles. The molecule has 4 heteroatoms. The van der Waals surface area contributed by atoms with Crippen LogP contribution in [0.1, 0.15) is 51.4 Å². The zero-order valence-corrected chi connectivity index (χ0v) is 7.92. The van der Waals surface area contributed by atoms with Gasteiger partial charge in [0, 0.05) is 17.9 Å². The highest BCUT2D eigenvalue weighted by Crippen LogP contribution is 2.26. The predicted molar refractivity (Wildman–Crippen MR) is 63.3 cm³/mol. The van der Waals surface area contributed by atoms with Gasteiger partial charge in [-0.15, -0.1) is 0 Å². The van der Waals surface area contributed by atoms with Crippen molar-refractivity contribution < 1.29 is 24.0 Å². The third-order valence-electron chi connectivity index (χ3n) is 1.63. The van der Waals surface area contributed by atoms with Gasteiger partial charge >= 0.3 is 0 Å². The Labute approximate surface area is 115 Å². The van der Waals surface area contributed by atoms with Gasteiger partial charge in [-0.3, -0.25) is 4.79 Å². The first-order valence-corrected chi connectivity index (χ1v) is 3.98. The van der Waals surface area contributed by atoms with Gasteiger partial charge in [0.25, 0.3) is 0 Å². The fraction of sp³-hybridized carbons (Fsp3) is 0.417. The third kappa shape index (κ3) is 2.81. The number of hydroxylamine groups is 2. The molecule has 16 heavy (non-hydrogen) atoms. The van der Waals surface area contributed by atoms with E-state index in [2.05, 4.69) is 0 Å². The summed E-state index contributed by atoms with van der Waals surface area (Å²) in [6.45, 7) is -12.1. The van der Waals surface area contributed by atoms with E-state index in [4.69, 9.17) is 24.9 Å². The molecule has 0 aliphatic rings. The maximum atomic E-state index is 13.2. The summed E-state index contributed by atoms with van der Waals surface area (Å²) in [4.78, 5) is 12.1. The first kappa shape index (κ1) is 3.31. The normalized spacial score (nSPS) is 28.9. The van der Waals surface area contributed by atoms with Gasteiger partial charge < -0.3 is 16.0 Å². The van der Waals surface area contributed by atoms with Gasteiger partial charge in [-0.05, 0) is 26.1 Å². The summed E-state index contributed by atoms with van der Waals surface area (Å²) in [5.74, 6) is -1.81. The maximum absolute atomic E-state index is 13.2. The van der Waals surface area contributed by atoms with Crippen molar-refractivity contribution in [3.63, 3.8) is 0 Å². The molecule has 0 bridgehead atoms. The number of benzene rings is 1. The highest BCUT2D eigenvalue weighted by atomic mass is 16.5. The molecule has 0 radical (unpaired) electrons. The number of hydrogen-bond acceptors (Lipinski definition) is 3. The number of primary amides is 1. The maximum Gasteiger partial charge on any atom is 0.238 e. The second kappa shape index (κ2) is 4.63. The first-order chi connectivity index (χ1) is 13.2. The van der Waals surface area contributed by atoms with Gasteiger partial charge in [0.2, 0.25) is 5.91 Å². The van der Waals surface area contributed by atoms with E-state index in [0.717, 1.165) is 0 Å². The van der Waals surface area contributed by atoms with Crippen LogP contribution < -0.4 is 5.73 Å². The lowest BCUT2D eigenvalue weighted by molar-refractivity contribution is -0.124. The summed E-state index contributed by atoms with van der Waals surface area (Å²) in [7, 11) is 0. The van der Waals surface area contributed by atoms with E-state index in [9.17, 15) is 10.0 Å². The Morgan fingerprint density at radius 2 is 2.06 bits per heavy atom. The van der Waals surface area contributed by atoms with E-state index in [1.807, 2.05) is 0 Å². The Morgan fingerprint density at radius 1 is 1.50 bits per heavy atom. The second-order valence-corrected chi connectivity index (χ2v) is 2.88. The molecule has 0 heterocycles. The summed E-state index contributed by atoms with van der Waals surface area (Å²) in [5, 5.41) is 12.1. The van der Waals surface area contributed by atoms with Crippen LogP contribution >= 0.6 is 0 Å². The minimum absolute atomic E-state index is 0.928. The van der Waals surface area contributed by atoms with Crippen LogP contribution in [-0.4, -0.2) is 16.5 Å². The van der Waals surface area contributed by atoms with E-state index < -0.39 is 78.9 Å². The average Bonchev–Trinajstić information content (AvgIpc) is 2.50. The van der Waals surface area contributed by atoms with E-state index in [1.54, 1.807) is 0 Å². The number of nitrogens with zero attached hydrogens (tertiary/aromatic N) is 1. The summed E-state index contributed by atoms with van der Waals surface area (Å²) in [6.07, 6.45) is 0. The van der Waals surface area contributed by atoms with Crippen LogP contribution in [-0.2, 0) is 4.79 Å². The molecule has 1 unspecified atom stereocenters. The average molecular weight is 236 g/mol. The minimum atomic E-state index is -4.21. The molecule has 1 amide bonds. The van der Waals surface area contributed by atoms with Crippen LogP contribution in [0.2, 0.25) is 0 Å². The van der Waals surface area contributed by atoms with Crippen LogP contribution in [0.4, 0.5) is 0 Å². The standard InChI is InChI=1S/C12H17N2O2/c1-12(2,3)14(16)10(11(13)15)9-7-5-4-6-8-9/h4-8,10H,1-3H3,(H2,13,15)/q-1/i1D3,2D3,3D3,4D,5D,6D,7D,8D,11+1. The molecule has 0 aliphatic heterocycles. The molecule has 0 saturated carbocycles. The molecule has 1 aromatic carbocycles. The van der Waals surface area contributed by atoms with Crippen molar-refractivity contribution in [1.82, 2.24) is 5.06 Å². The van der Waals surface area contributed by atoms with Crippen molar-refractivity contribution in [2.75, 3.05) is 0 Å². The van der Waals surface area contributed by atoms with E-state index in [0.29, 0.717) is 0 Å². The fourth-order valence-corrected chi connectivity index (χ4v) is 0.965. The molecule has 4 nitrogen and oxygen atoms in total. The topological polar surface area (TPSA) is 69.4 Å². The summed E-state index contributed by atoms with van der Waals surface area (Å²) in [6, 6.07) is -8.13. The predicted octanol–water partition coefficient (Wildman–Crippen LogP) is 1.81. The zero-order valence-electron chi connectivity index (χ0n) is 21.9. The molecular formula is C12H17N2O2-. The van der Waals surface area contributed by atoms with Crippen LogP contribution in [0.15, 0.2) is 30.2 Å². The summed E-state index contributed by atoms with van der Waals surface area (Å²) < 4.78 is 106. The zero-order chi connectivity index (χ0) is 24.2. The molecular weight excluding hydrogens is 205 g/mol. The van der Waals surface area contributed by atoms with Crippen LogP contribution in [0.5, 0.6) is 0 Å². The van der Waals surface area contributed by atoms with Gasteiger partial charge in [0.1, 0.15) is 6.04 Å². The third-order valence-corrected chi connectivity index (χ3v) is 1.63. The van der Waals surface area contributed by atoms with E-state index in [1.165, 1.54) is 0 Å². The van der Waals surface area contributed by atoms with Gasteiger partial charge in [0.05, 0.1) is 6.85 Å². The quantitative estimate of drug-likeness (QED) is 0.643. The second-order valence-electron chi connectivity index (χ2n) is 2.88. The van der Waals surface area contributed by atoms with Crippen LogP contribution in [0.25, 0.3) is 0 Å². The molecule has 0 saturated heterocycles. The van der Waals surface area contributed by atoms with Gasteiger partial charge in [-0.1, -0.05) is 30.2 Å². The van der Waals surface area contributed by atoms with Gasteiger partial charge in [-0.25, -0.2) is 0 Å². The van der Waals surface area contributed by atoms with Gasteiger partial charge in [0.15, 0.2) is 0 Å². The first-order valence-electron chi connectivity index (χ1n) is 11.0. The lowest BCUT2D eigenvalue weighted by atomic mass is 10.0. The number of rotatable bonds is 3. The highest BCUT2D eigenvalue weighted by molar-refractivity contribution is 5.81. The number of amides is 1. The van der Waals surface area contributed by atoms with Crippen molar-refractivity contribution >= 4 is 5.91 Å². The Hall–Kier alpha value is -1.39. The van der Waals surface area contributed by atoms with Crippen molar-refractivity contribution in [3.05, 3.63) is 41.0 Å².